The number of carbonyl (C=O) groups is 1. The summed E-state index contributed by atoms with van der Waals surface area (Å²) in [5.74, 6) is -0.714. The van der Waals surface area contributed by atoms with Gasteiger partial charge in [0.2, 0.25) is 0 Å². The second-order valence-corrected chi connectivity index (χ2v) is 10.1. The molecule has 1 N–H and O–H groups in total. The molecule has 0 bridgehead atoms. The maximum Gasteiger partial charge on any atom is 0.453 e. The molecule has 204 valence electrons. The molecule has 0 unspecified atom stereocenters. The first-order valence-electron chi connectivity index (χ1n) is 12.3. The van der Waals surface area contributed by atoms with Gasteiger partial charge in [0.05, 0.1) is 12.8 Å². The lowest BCUT2D eigenvalue weighted by Crippen LogP contribution is -2.50. The van der Waals surface area contributed by atoms with Crippen LogP contribution in [0.4, 0.5) is 18.0 Å². The van der Waals surface area contributed by atoms with Gasteiger partial charge in [-0.25, -0.2) is 4.79 Å². The van der Waals surface area contributed by atoms with Crippen LogP contribution in [0.25, 0.3) is 5.69 Å². The monoisotopic (exact) mass is 532 g/mol. The number of amides is 1. The number of methoxy groups -OCH3 is 1. The van der Waals surface area contributed by atoms with Crippen molar-refractivity contribution in [1.82, 2.24) is 30.4 Å². The molecule has 0 aliphatic carbocycles. The Balaban J connectivity index is 1.55. The molecule has 38 heavy (non-hydrogen) atoms. The first-order valence-corrected chi connectivity index (χ1v) is 12.3. The number of rotatable bonds is 6. The van der Waals surface area contributed by atoms with Crippen molar-refractivity contribution in [2.45, 2.75) is 57.5 Å². The number of piperidine rings is 1. The summed E-state index contributed by atoms with van der Waals surface area (Å²) in [6.45, 7) is 6.80. The number of alkyl halides is 3. The quantitative estimate of drug-likeness (QED) is 0.497. The van der Waals surface area contributed by atoms with Gasteiger partial charge in [0, 0.05) is 37.2 Å². The summed E-state index contributed by atoms with van der Waals surface area (Å²) in [5.41, 5.74) is 1.29. The molecule has 12 heteroatoms. The predicted molar refractivity (Wildman–Crippen MR) is 133 cm³/mol. The van der Waals surface area contributed by atoms with Crippen LogP contribution < -0.4 is 10.1 Å². The summed E-state index contributed by atoms with van der Waals surface area (Å²) in [6, 6.07) is 14.5. The van der Waals surface area contributed by atoms with E-state index in [-0.39, 0.29) is 23.7 Å². The van der Waals surface area contributed by atoms with E-state index in [0.717, 1.165) is 5.56 Å². The van der Waals surface area contributed by atoms with Gasteiger partial charge in [-0.2, -0.15) is 17.9 Å². The van der Waals surface area contributed by atoms with Crippen molar-refractivity contribution in [3.8, 4) is 11.4 Å². The third-order valence-electron chi connectivity index (χ3n) is 6.28. The standard InChI is InChI=1S/C26H31F3N6O3/c1-25(2,3)38-24(36)34-13-12-21(20(16-34)17-8-6-5-7-9-17)30-15-18-14-19(10-11-22(18)37-4)35-23(26(27,28)29)31-32-33-35/h5-11,14,20-21,30H,12-13,15-16H2,1-4H3/t20-,21-/m0/s1. The van der Waals surface area contributed by atoms with E-state index in [1.807, 2.05) is 51.1 Å². The van der Waals surface area contributed by atoms with Gasteiger partial charge in [-0.15, -0.1) is 5.10 Å². The molecule has 4 rings (SSSR count). The molecular formula is C26H31F3N6O3. The zero-order valence-corrected chi connectivity index (χ0v) is 21.7. The van der Waals surface area contributed by atoms with E-state index in [9.17, 15) is 18.0 Å². The number of halogens is 3. The third-order valence-corrected chi connectivity index (χ3v) is 6.28. The second-order valence-electron chi connectivity index (χ2n) is 10.1. The lowest BCUT2D eigenvalue weighted by molar-refractivity contribution is -0.146. The van der Waals surface area contributed by atoms with Crippen molar-refractivity contribution in [2.24, 2.45) is 0 Å². The Bertz CT molecular complexity index is 1240. The molecule has 1 fully saturated rings. The first-order chi connectivity index (χ1) is 18.0. The van der Waals surface area contributed by atoms with Crippen molar-refractivity contribution in [1.29, 1.82) is 0 Å². The molecule has 0 saturated carbocycles. The number of hydrogen-bond donors (Lipinski definition) is 1. The third kappa shape index (κ3) is 6.42. The SMILES string of the molecule is COc1ccc(-n2nnnc2C(F)(F)F)cc1CN[C@H]1CCN(C(=O)OC(C)(C)C)C[C@H]1c1ccccc1. The van der Waals surface area contributed by atoms with Gasteiger partial charge in [0.1, 0.15) is 11.4 Å². The molecule has 1 saturated heterocycles. The molecule has 9 nitrogen and oxygen atoms in total. The Hall–Kier alpha value is -3.67. The van der Waals surface area contributed by atoms with Crippen molar-refractivity contribution < 1.29 is 27.4 Å². The Morgan fingerprint density at radius 3 is 2.53 bits per heavy atom. The Morgan fingerprint density at radius 2 is 1.87 bits per heavy atom. The summed E-state index contributed by atoms with van der Waals surface area (Å²) < 4.78 is 51.8. The molecule has 1 aliphatic heterocycles. The van der Waals surface area contributed by atoms with E-state index in [2.05, 4.69) is 20.8 Å². The Labute approximate surface area is 218 Å². The highest BCUT2D eigenvalue weighted by molar-refractivity contribution is 5.68. The van der Waals surface area contributed by atoms with Crippen LogP contribution in [0, 0.1) is 0 Å². The number of nitrogens with zero attached hydrogens (tertiary/aromatic N) is 5. The number of ether oxygens (including phenoxy) is 2. The van der Waals surface area contributed by atoms with Crippen molar-refractivity contribution in [3.05, 3.63) is 65.5 Å². The number of aromatic nitrogens is 4. The Kier molecular flexibility index (Phi) is 7.91. The molecule has 1 aliphatic rings. The fourth-order valence-corrected chi connectivity index (χ4v) is 4.54. The number of carbonyl (C=O) groups excluding carboxylic acids is 1. The van der Waals surface area contributed by atoms with Gasteiger partial charge >= 0.3 is 12.3 Å². The van der Waals surface area contributed by atoms with E-state index in [0.29, 0.717) is 42.0 Å². The Morgan fingerprint density at radius 1 is 1.13 bits per heavy atom. The van der Waals surface area contributed by atoms with Crippen LogP contribution in [-0.2, 0) is 17.5 Å². The van der Waals surface area contributed by atoms with Crippen LogP contribution in [0.15, 0.2) is 48.5 Å². The van der Waals surface area contributed by atoms with Gasteiger partial charge < -0.3 is 19.7 Å². The molecule has 1 aromatic heterocycles. The zero-order chi connectivity index (χ0) is 27.5. The fraction of sp³-hybridized carbons (Fsp3) is 0.462. The minimum Gasteiger partial charge on any atom is -0.496 e. The van der Waals surface area contributed by atoms with Crippen LogP contribution >= 0.6 is 0 Å². The summed E-state index contributed by atoms with van der Waals surface area (Å²) in [5, 5.41) is 13.4. The van der Waals surface area contributed by atoms with E-state index in [1.54, 1.807) is 17.0 Å². The molecule has 2 aromatic carbocycles. The maximum absolute atomic E-state index is 13.4. The predicted octanol–water partition coefficient (Wildman–Crippen LogP) is 4.57. The number of benzene rings is 2. The highest BCUT2D eigenvalue weighted by Gasteiger charge is 2.39. The average Bonchev–Trinajstić information content (AvgIpc) is 3.38. The van der Waals surface area contributed by atoms with Crippen LogP contribution in [-0.4, -0.2) is 63.0 Å². The van der Waals surface area contributed by atoms with Crippen molar-refractivity contribution in [3.63, 3.8) is 0 Å². The van der Waals surface area contributed by atoms with E-state index in [4.69, 9.17) is 9.47 Å². The topological polar surface area (TPSA) is 94.4 Å². The van der Waals surface area contributed by atoms with Crippen molar-refractivity contribution >= 4 is 6.09 Å². The molecule has 2 heterocycles. The minimum absolute atomic E-state index is 0.0109. The average molecular weight is 533 g/mol. The summed E-state index contributed by atoms with van der Waals surface area (Å²) in [6.07, 6.45) is -4.40. The smallest absolute Gasteiger partial charge is 0.453 e. The molecule has 0 spiro atoms. The van der Waals surface area contributed by atoms with Crippen LogP contribution in [0.2, 0.25) is 0 Å². The number of hydrogen-bond acceptors (Lipinski definition) is 7. The number of tetrazole rings is 1. The maximum atomic E-state index is 13.4. The summed E-state index contributed by atoms with van der Waals surface area (Å²) in [4.78, 5) is 14.5. The fourth-order valence-electron chi connectivity index (χ4n) is 4.54. The first kappa shape index (κ1) is 27.4. The summed E-state index contributed by atoms with van der Waals surface area (Å²) in [7, 11) is 1.50. The molecule has 2 atom stereocenters. The van der Waals surface area contributed by atoms with Crippen LogP contribution in [0.1, 0.15) is 50.1 Å². The molecular weight excluding hydrogens is 501 g/mol. The van der Waals surface area contributed by atoms with E-state index in [1.165, 1.54) is 13.2 Å². The molecule has 3 aromatic rings. The lowest BCUT2D eigenvalue weighted by atomic mass is 9.86. The highest BCUT2D eigenvalue weighted by Crippen LogP contribution is 2.31. The minimum atomic E-state index is -4.70. The van der Waals surface area contributed by atoms with Crippen LogP contribution in [0.3, 0.4) is 0 Å². The van der Waals surface area contributed by atoms with Gasteiger partial charge in [-0.05, 0) is 61.4 Å². The van der Waals surface area contributed by atoms with Crippen LogP contribution in [0.5, 0.6) is 5.75 Å². The number of likely N-dealkylation sites (tertiary alicyclic amines) is 1. The molecule has 1 amide bonds. The van der Waals surface area contributed by atoms with E-state index < -0.39 is 17.6 Å². The second kappa shape index (κ2) is 11.0. The van der Waals surface area contributed by atoms with Gasteiger partial charge in [-0.3, -0.25) is 0 Å². The van der Waals surface area contributed by atoms with Gasteiger partial charge in [0.15, 0.2) is 0 Å². The summed E-state index contributed by atoms with van der Waals surface area (Å²) >= 11 is 0. The highest BCUT2D eigenvalue weighted by atomic mass is 19.4. The normalized spacial score (nSPS) is 18.3. The van der Waals surface area contributed by atoms with Gasteiger partial charge in [0.25, 0.3) is 5.82 Å². The number of nitrogens with one attached hydrogen (secondary N) is 1. The molecule has 0 radical (unpaired) electrons. The lowest BCUT2D eigenvalue weighted by Gasteiger charge is -2.40. The zero-order valence-electron chi connectivity index (χ0n) is 21.7. The van der Waals surface area contributed by atoms with Gasteiger partial charge in [-0.1, -0.05) is 30.3 Å². The largest absolute Gasteiger partial charge is 0.496 e. The van der Waals surface area contributed by atoms with Crippen molar-refractivity contribution in [2.75, 3.05) is 20.2 Å². The van der Waals surface area contributed by atoms with E-state index >= 15 is 0 Å².